The molecule has 1 aromatic carbocycles. The first-order chi connectivity index (χ1) is 13.3. The molecule has 7 heteroatoms. The zero-order chi connectivity index (χ0) is 20.8. The molecule has 0 spiro atoms. The first-order valence-corrected chi connectivity index (χ1v) is 9.45. The molecule has 0 saturated carbocycles. The fourth-order valence-electron chi connectivity index (χ4n) is 3.10. The van der Waals surface area contributed by atoms with Crippen molar-refractivity contribution in [3.8, 4) is 0 Å². The summed E-state index contributed by atoms with van der Waals surface area (Å²) in [5, 5.41) is 3.68. The lowest BCUT2D eigenvalue weighted by Crippen LogP contribution is -2.33. The van der Waals surface area contributed by atoms with E-state index < -0.39 is 17.9 Å². The molecule has 0 amide bonds. The summed E-state index contributed by atoms with van der Waals surface area (Å²) in [6.07, 6.45) is -0.289. The van der Waals surface area contributed by atoms with Crippen molar-refractivity contribution in [2.24, 2.45) is 0 Å². The van der Waals surface area contributed by atoms with Crippen LogP contribution in [0.15, 0.2) is 46.8 Å². The van der Waals surface area contributed by atoms with Crippen molar-refractivity contribution in [2.45, 2.75) is 39.7 Å². The first-order valence-electron chi connectivity index (χ1n) is 9.07. The molecule has 0 radical (unpaired) electrons. The highest BCUT2D eigenvalue weighted by molar-refractivity contribution is 6.30. The lowest BCUT2D eigenvalue weighted by Gasteiger charge is -2.31. The smallest absolute Gasteiger partial charge is 0.337 e. The molecule has 0 saturated heterocycles. The highest BCUT2D eigenvalue weighted by Gasteiger charge is 2.38. The molecule has 1 heterocycles. The summed E-state index contributed by atoms with van der Waals surface area (Å²) in [6.45, 7) is 7.53. The summed E-state index contributed by atoms with van der Waals surface area (Å²) >= 11 is 6.03. The Kier molecular flexibility index (Phi) is 7.66. The lowest BCUT2D eigenvalue weighted by atomic mass is 9.80. The number of dihydropyridines is 1. The van der Waals surface area contributed by atoms with E-state index in [2.05, 4.69) is 5.32 Å². The SMILES string of the molecule is COCCOC(=O)C1=C(C)NC(C)=C(C(=O)OC(C)C)C1c1ccc(Cl)cc1. The minimum atomic E-state index is -0.625. The van der Waals surface area contributed by atoms with Crippen LogP contribution in [0.3, 0.4) is 0 Å². The van der Waals surface area contributed by atoms with Gasteiger partial charge in [0.25, 0.3) is 0 Å². The van der Waals surface area contributed by atoms with Crippen molar-refractivity contribution in [2.75, 3.05) is 20.3 Å². The Balaban J connectivity index is 2.52. The number of hydrogen-bond donors (Lipinski definition) is 1. The van der Waals surface area contributed by atoms with Gasteiger partial charge in [0, 0.05) is 23.5 Å². The Bertz CT molecular complexity index is 796. The van der Waals surface area contributed by atoms with Gasteiger partial charge < -0.3 is 19.5 Å². The van der Waals surface area contributed by atoms with E-state index in [1.807, 2.05) is 0 Å². The maximum atomic E-state index is 12.9. The zero-order valence-electron chi connectivity index (χ0n) is 16.8. The standard InChI is InChI=1S/C21H26ClNO5/c1-12(2)28-21(25)18-14(4)23-13(3)17(20(24)27-11-10-26-5)19(18)15-6-8-16(22)9-7-15/h6-9,12,19,23H,10-11H2,1-5H3. The molecule has 1 aliphatic rings. The molecule has 0 bridgehead atoms. The molecule has 1 atom stereocenters. The van der Waals surface area contributed by atoms with Crippen LogP contribution in [0.1, 0.15) is 39.2 Å². The number of hydrogen-bond acceptors (Lipinski definition) is 6. The monoisotopic (exact) mass is 407 g/mol. The maximum absolute atomic E-state index is 12.9. The number of carbonyl (C=O) groups excluding carboxylic acids is 2. The summed E-state index contributed by atoms with van der Waals surface area (Å²) in [5.41, 5.74) is 2.75. The number of nitrogens with one attached hydrogen (secondary N) is 1. The third kappa shape index (κ3) is 5.14. The Morgan fingerprint density at radius 2 is 1.61 bits per heavy atom. The Labute approximate surface area is 170 Å². The van der Waals surface area contributed by atoms with Crippen molar-refractivity contribution in [3.05, 3.63) is 57.4 Å². The topological polar surface area (TPSA) is 73.9 Å². The number of esters is 2. The minimum Gasteiger partial charge on any atom is -0.460 e. The van der Waals surface area contributed by atoms with Gasteiger partial charge in [-0.15, -0.1) is 0 Å². The second kappa shape index (κ2) is 9.75. The fraction of sp³-hybridized carbons (Fsp3) is 0.429. The molecule has 0 fully saturated rings. The molecule has 1 aliphatic heterocycles. The van der Waals surface area contributed by atoms with Gasteiger partial charge in [-0.2, -0.15) is 0 Å². The van der Waals surface area contributed by atoms with Crippen LogP contribution in [0.5, 0.6) is 0 Å². The fourth-order valence-corrected chi connectivity index (χ4v) is 3.22. The molecule has 152 valence electrons. The molecule has 1 N–H and O–H groups in total. The van der Waals surface area contributed by atoms with E-state index >= 15 is 0 Å². The number of rotatable bonds is 7. The number of methoxy groups -OCH3 is 1. The van der Waals surface area contributed by atoms with Gasteiger partial charge in [0.2, 0.25) is 0 Å². The molecule has 0 aromatic heterocycles. The highest BCUT2D eigenvalue weighted by Crippen LogP contribution is 2.39. The van der Waals surface area contributed by atoms with E-state index in [4.69, 9.17) is 25.8 Å². The van der Waals surface area contributed by atoms with Crippen LogP contribution in [0.2, 0.25) is 5.02 Å². The zero-order valence-corrected chi connectivity index (χ0v) is 17.6. The third-order valence-electron chi connectivity index (χ3n) is 4.27. The van der Waals surface area contributed by atoms with Gasteiger partial charge in [-0.1, -0.05) is 23.7 Å². The van der Waals surface area contributed by atoms with E-state index in [9.17, 15) is 9.59 Å². The van der Waals surface area contributed by atoms with Gasteiger partial charge in [0.05, 0.1) is 29.8 Å². The van der Waals surface area contributed by atoms with Crippen LogP contribution >= 0.6 is 11.6 Å². The molecule has 28 heavy (non-hydrogen) atoms. The van der Waals surface area contributed by atoms with Crippen LogP contribution in [0, 0.1) is 0 Å². The summed E-state index contributed by atoms with van der Waals surface area (Å²) in [7, 11) is 1.53. The highest BCUT2D eigenvalue weighted by atomic mass is 35.5. The van der Waals surface area contributed by atoms with Crippen molar-refractivity contribution in [1.82, 2.24) is 5.32 Å². The van der Waals surface area contributed by atoms with Crippen molar-refractivity contribution < 1.29 is 23.8 Å². The van der Waals surface area contributed by atoms with Crippen molar-refractivity contribution in [3.63, 3.8) is 0 Å². The Morgan fingerprint density at radius 3 is 2.14 bits per heavy atom. The van der Waals surface area contributed by atoms with E-state index in [-0.39, 0.29) is 19.3 Å². The molecule has 2 rings (SSSR count). The first kappa shape index (κ1) is 22.0. The molecular formula is C21H26ClNO5. The summed E-state index contributed by atoms with van der Waals surface area (Å²) in [5.74, 6) is -1.61. The quantitative estimate of drug-likeness (QED) is 0.548. The van der Waals surface area contributed by atoms with Crippen LogP contribution in [0.4, 0.5) is 0 Å². The predicted molar refractivity (Wildman–Crippen MR) is 107 cm³/mol. The Hall–Kier alpha value is -2.31. The van der Waals surface area contributed by atoms with Gasteiger partial charge in [-0.3, -0.25) is 0 Å². The number of halogens is 1. The van der Waals surface area contributed by atoms with Crippen LogP contribution in [-0.2, 0) is 23.8 Å². The van der Waals surface area contributed by atoms with Crippen LogP contribution < -0.4 is 5.32 Å². The average Bonchev–Trinajstić information content (AvgIpc) is 2.61. The van der Waals surface area contributed by atoms with Crippen molar-refractivity contribution in [1.29, 1.82) is 0 Å². The summed E-state index contributed by atoms with van der Waals surface area (Å²) in [6, 6.07) is 7.04. The molecule has 0 aliphatic carbocycles. The van der Waals surface area contributed by atoms with E-state index in [1.54, 1.807) is 52.0 Å². The molecule has 1 unspecified atom stereocenters. The minimum absolute atomic E-state index is 0.119. The van der Waals surface area contributed by atoms with Gasteiger partial charge in [0.1, 0.15) is 6.61 Å². The average molecular weight is 408 g/mol. The van der Waals surface area contributed by atoms with Crippen LogP contribution in [-0.4, -0.2) is 38.4 Å². The third-order valence-corrected chi connectivity index (χ3v) is 4.52. The molecule has 1 aromatic rings. The lowest BCUT2D eigenvalue weighted by molar-refractivity contribution is -0.143. The van der Waals surface area contributed by atoms with E-state index in [0.717, 1.165) is 5.56 Å². The summed E-state index contributed by atoms with van der Waals surface area (Å²) < 4.78 is 15.7. The van der Waals surface area contributed by atoms with Gasteiger partial charge in [-0.05, 0) is 45.4 Å². The second-order valence-corrected chi connectivity index (χ2v) is 7.21. The second-order valence-electron chi connectivity index (χ2n) is 6.77. The largest absolute Gasteiger partial charge is 0.460 e. The van der Waals surface area contributed by atoms with Crippen molar-refractivity contribution >= 4 is 23.5 Å². The predicted octanol–water partition coefficient (Wildman–Crippen LogP) is 3.72. The van der Waals surface area contributed by atoms with Crippen LogP contribution in [0.25, 0.3) is 0 Å². The van der Waals surface area contributed by atoms with Gasteiger partial charge in [0.15, 0.2) is 0 Å². The number of ether oxygens (including phenoxy) is 3. The number of benzene rings is 1. The maximum Gasteiger partial charge on any atom is 0.337 e. The number of carbonyl (C=O) groups is 2. The van der Waals surface area contributed by atoms with Gasteiger partial charge >= 0.3 is 11.9 Å². The molecular weight excluding hydrogens is 382 g/mol. The Morgan fingerprint density at radius 1 is 1.04 bits per heavy atom. The van der Waals surface area contributed by atoms with Gasteiger partial charge in [-0.25, -0.2) is 9.59 Å². The summed E-state index contributed by atoms with van der Waals surface area (Å²) in [4.78, 5) is 25.7. The van der Waals surface area contributed by atoms with E-state index in [1.165, 1.54) is 7.11 Å². The number of allylic oxidation sites excluding steroid dienone is 2. The normalized spacial score (nSPS) is 16.9. The van der Waals surface area contributed by atoms with E-state index in [0.29, 0.717) is 27.6 Å². The molecule has 6 nitrogen and oxygen atoms in total.